The number of benzene rings is 1. The first-order valence-electron chi connectivity index (χ1n) is 8.59. The fourth-order valence-electron chi connectivity index (χ4n) is 3.85. The van der Waals surface area contributed by atoms with E-state index in [4.69, 9.17) is 0 Å². The minimum atomic E-state index is -0.438. The van der Waals surface area contributed by atoms with Crippen molar-refractivity contribution in [2.75, 3.05) is 20.1 Å². The Morgan fingerprint density at radius 3 is 2.61 bits per heavy atom. The molecule has 0 aromatic heterocycles. The van der Waals surface area contributed by atoms with E-state index in [1.807, 2.05) is 36.4 Å². The van der Waals surface area contributed by atoms with Crippen LogP contribution in [0.4, 0.5) is 0 Å². The van der Waals surface area contributed by atoms with Gasteiger partial charge in [0.2, 0.25) is 5.91 Å². The molecule has 1 aromatic rings. The van der Waals surface area contributed by atoms with E-state index >= 15 is 0 Å². The van der Waals surface area contributed by atoms with Gasteiger partial charge in [0.05, 0.1) is 12.1 Å². The maximum absolute atomic E-state index is 12.4. The van der Waals surface area contributed by atoms with Gasteiger partial charge in [-0.05, 0) is 50.4 Å². The van der Waals surface area contributed by atoms with Gasteiger partial charge in [0.15, 0.2) is 0 Å². The summed E-state index contributed by atoms with van der Waals surface area (Å²) in [5, 5.41) is 10.7. The van der Waals surface area contributed by atoms with Crippen molar-refractivity contribution in [3.05, 3.63) is 42.0 Å². The van der Waals surface area contributed by atoms with Crippen molar-refractivity contribution in [2.24, 2.45) is 0 Å². The van der Waals surface area contributed by atoms with Crippen LogP contribution in [0.5, 0.6) is 0 Å². The van der Waals surface area contributed by atoms with Crippen LogP contribution in [0.1, 0.15) is 31.2 Å². The lowest BCUT2D eigenvalue weighted by molar-refractivity contribution is -0.128. The Morgan fingerprint density at radius 2 is 1.91 bits per heavy atom. The predicted octanol–water partition coefficient (Wildman–Crippen LogP) is 2.15. The zero-order valence-corrected chi connectivity index (χ0v) is 13.8. The second kappa shape index (κ2) is 7.28. The Bertz CT molecular complexity index is 552. The van der Waals surface area contributed by atoms with Gasteiger partial charge >= 0.3 is 0 Å². The van der Waals surface area contributed by atoms with E-state index in [0.29, 0.717) is 0 Å². The van der Waals surface area contributed by atoms with E-state index in [9.17, 15) is 9.90 Å². The maximum Gasteiger partial charge on any atom is 0.246 e. The average molecular weight is 314 g/mol. The molecule has 3 rings (SSSR count). The molecule has 1 heterocycles. The summed E-state index contributed by atoms with van der Waals surface area (Å²) in [6.45, 7) is 2.17. The van der Waals surface area contributed by atoms with Crippen LogP contribution < -0.4 is 0 Å². The smallest absolute Gasteiger partial charge is 0.246 e. The molecule has 124 valence electrons. The van der Waals surface area contributed by atoms with Crippen molar-refractivity contribution >= 4 is 12.0 Å². The second-order valence-electron chi connectivity index (χ2n) is 6.64. The molecule has 0 spiro atoms. The Balaban J connectivity index is 1.60. The lowest BCUT2D eigenvalue weighted by Crippen LogP contribution is -2.48. The monoisotopic (exact) mass is 314 g/mol. The molecule has 4 nitrogen and oxygen atoms in total. The summed E-state index contributed by atoms with van der Waals surface area (Å²) < 4.78 is 0. The third-order valence-corrected chi connectivity index (χ3v) is 5.22. The number of carbonyl (C=O) groups excluding carboxylic acids is 1. The van der Waals surface area contributed by atoms with Crippen molar-refractivity contribution in [3.63, 3.8) is 0 Å². The highest BCUT2D eigenvalue weighted by molar-refractivity contribution is 5.91. The molecule has 3 atom stereocenters. The molecule has 1 saturated carbocycles. The van der Waals surface area contributed by atoms with Gasteiger partial charge in [-0.3, -0.25) is 9.69 Å². The van der Waals surface area contributed by atoms with E-state index in [-0.39, 0.29) is 18.0 Å². The minimum Gasteiger partial charge on any atom is -0.389 e. The topological polar surface area (TPSA) is 43.8 Å². The number of amides is 1. The molecule has 1 aromatic carbocycles. The number of likely N-dealkylation sites (tertiary alicyclic amines) is 1. The predicted molar refractivity (Wildman–Crippen MR) is 91.9 cm³/mol. The fraction of sp³-hybridized carbons (Fsp3) is 0.526. The van der Waals surface area contributed by atoms with E-state index in [1.165, 1.54) is 12.8 Å². The van der Waals surface area contributed by atoms with Crippen LogP contribution in [0.25, 0.3) is 6.08 Å². The Kier molecular flexibility index (Phi) is 5.13. The van der Waals surface area contributed by atoms with Gasteiger partial charge in [-0.25, -0.2) is 0 Å². The molecule has 1 aliphatic carbocycles. The Morgan fingerprint density at radius 1 is 1.22 bits per heavy atom. The van der Waals surface area contributed by atoms with Gasteiger partial charge in [0, 0.05) is 19.2 Å². The maximum atomic E-state index is 12.4. The fourth-order valence-corrected chi connectivity index (χ4v) is 3.85. The zero-order chi connectivity index (χ0) is 16.2. The highest BCUT2D eigenvalue weighted by Gasteiger charge is 2.41. The molecule has 0 unspecified atom stereocenters. The van der Waals surface area contributed by atoms with Gasteiger partial charge in [-0.2, -0.15) is 0 Å². The third-order valence-electron chi connectivity index (χ3n) is 5.22. The van der Waals surface area contributed by atoms with E-state index in [2.05, 4.69) is 4.90 Å². The molecule has 1 amide bonds. The molecule has 23 heavy (non-hydrogen) atoms. The molecular formula is C19H26N2O2. The van der Waals surface area contributed by atoms with Crippen molar-refractivity contribution in [1.29, 1.82) is 0 Å². The summed E-state index contributed by atoms with van der Waals surface area (Å²) in [5.74, 6) is -0.0417. The molecule has 1 saturated heterocycles. The first kappa shape index (κ1) is 16.2. The molecule has 1 aliphatic heterocycles. The summed E-state index contributed by atoms with van der Waals surface area (Å²) >= 11 is 0. The number of likely N-dealkylation sites (N-methyl/N-ethyl adjacent to an activating group) is 1. The minimum absolute atomic E-state index is 0.0417. The molecular weight excluding hydrogens is 288 g/mol. The van der Waals surface area contributed by atoms with Crippen LogP contribution in [-0.4, -0.2) is 59.1 Å². The summed E-state index contributed by atoms with van der Waals surface area (Å²) in [4.78, 5) is 16.5. The highest BCUT2D eigenvalue weighted by atomic mass is 16.3. The third kappa shape index (κ3) is 3.65. The Labute approximate surface area is 138 Å². The van der Waals surface area contributed by atoms with Gasteiger partial charge in [0.1, 0.15) is 0 Å². The van der Waals surface area contributed by atoms with Crippen molar-refractivity contribution in [3.8, 4) is 0 Å². The van der Waals surface area contributed by atoms with E-state index in [0.717, 1.165) is 31.5 Å². The molecule has 0 bridgehead atoms. The van der Waals surface area contributed by atoms with Crippen molar-refractivity contribution < 1.29 is 9.90 Å². The van der Waals surface area contributed by atoms with Gasteiger partial charge in [0.25, 0.3) is 0 Å². The Hall–Kier alpha value is -1.65. The molecule has 2 fully saturated rings. The second-order valence-corrected chi connectivity index (χ2v) is 6.64. The van der Waals surface area contributed by atoms with Crippen LogP contribution in [0.2, 0.25) is 0 Å². The standard InChI is InChI=1S/C19H26N2O2/c1-20(18(22)12-9-15-7-3-2-4-8-15)16-10-11-17(19(16)23)21-13-5-6-14-21/h2-4,7-9,12,16-17,19,23H,5-6,10-11,13-14H2,1H3/b12-9+/t16-,17-,19-/m1/s1. The lowest BCUT2D eigenvalue weighted by atomic mass is 10.1. The first-order valence-corrected chi connectivity index (χ1v) is 8.59. The normalized spacial score (nSPS) is 28.5. The summed E-state index contributed by atoms with van der Waals surface area (Å²) in [6.07, 6.45) is 7.30. The highest BCUT2D eigenvalue weighted by Crippen LogP contribution is 2.30. The summed E-state index contributed by atoms with van der Waals surface area (Å²) in [5.41, 5.74) is 1.01. The molecule has 0 radical (unpaired) electrons. The number of carbonyl (C=O) groups is 1. The molecule has 1 N–H and O–H groups in total. The number of hydrogen-bond acceptors (Lipinski definition) is 3. The quantitative estimate of drug-likeness (QED) is 0.866. The molecule has 4 heteroatoms. The van der Waals surface area contributed by atoms with Gasteiger partial charge in [-0.1, -0.05) is 30.3 Å². The SMILES string of the molecule is CN(C(=O)/C=C/c1ccccc1)[C@@H]1CC[C@@H](N2CCCC2)[C@@H]1O. The first-order chi connectivity index (χ1) is 11.2. The van der Waals surface area contributed by atoms with Crippen LogP contribution >= 0.6 is 0 Å². The summed E-state index contributed by atoms with van der Waals surface area (Å²) in [7, 11) is 1.80. The zero-order valence-electron chi connectivity index (χ0n) is 13.8. The van der Waals surface area contributed by atoms with Gasteiger partial charge < -0.3 is 10.0 Å². The largest absolute Gasteiger partial charge is 0.389 e. The van der Waals surface area contributed by atoms with Crippen LogP contribution in [0.15, 0.2) is 36.4 Å². The molecule has 2 aliphatic rings. The lowest BCUT2D eigenvalue weighted by Gasteiger charge is -2.31. The van der Waals surface area contributed by atoms with E-state index in [1.54, 1.807) is 18.0 Å². The number of rotatable bonds is 4. The number of aliphatic hydroxyl groups is 1. The van der Waals surface area contributed by atoms with Crippen molar-refractivity contribution in [1.82, 2.24) is 9.80 Å². The van der Waals surface area contributed by atoms with Crippen molar-refractivity contribution in [2.45, 2.75) is 43.9 Å². The van der Waals surface area contributed by atoms with Crippen LogP contribution in [0, 0.1) is 0 Å². The van der Waals surface area contributed by atoms with Gasteiger partial charge in [-0.15, -0.1) is 0 Å². The average Bonchev–Trinajstić information content (AvgIpc) is 3.22. The number of aliphatic hydroxyl groups excluding tert-OH is 1. The van der Waals surface area contributed by atoms with E-state index < -0.39 is 6.10 Å². The number of nitrogens with zero attached hydrogens (tertiary/aromatic N) is 2. The van der Waals surface area contributed by atoms with Crippen LogP contribution in [0.3, 0.4) is 0 Å². The summed E-state index contributed by atoms with van der Waals surface area (Å²) in [6, 6.07) is 9.95. The van der Waals surface area contributed by atoms with Crippen LogP contribution in [-0.2, 0) is 4.79 Å². The number of hydrogen-bond donors (Lipinski definition) is 1.